The topological polar surface area (TPSA) is 38.9 Å². The maximum Gasteiger partial charge on any atom is 0.128 e. The average molecular weight is 280 g/mol. The Morgan fingerprint density at radius 1 is 1.21 bits per heavy atom. The molecule has 1 aliphatic rings. The van der Waals surface area contributed by atoms with Crippen LogP contribution in [0.25, 0.3) is 0 Å². The first-order valence-electron chi connectivity index (χ1n) is 6.34. The van der Waals surface area contributed by atoms with Gasteiger partial charge in [-0.1, -0.05) is 0 Å². The summed E-state index contributed by atoms with van der Waals surface area (Å²) in [7, 11) is 0. The summed E-state index contributed by atoms with van der Waals surface area (Å²) in [5.74, 6) is -0.963. The Balaban J connectivity index is 1.97. The number of halogens is 2. The van der Waals surface area contributed by atoms with E-state index in [0.717, 1.165) is 49.6 Å². The number of hydrogen-bond acceptors (Lipinski definition) is 3. The van der Waals surface area contributed by atoms with Crippen LogP contribution in [0.2, 0.25) is 0 Å². The number of hydrogen-bond donors (Lipinski definition) is 1. The van der Waals surface area contributed by atoms with Crippen LogP contribution in [0.15, 0.2) is 18.2 Å². The first kappa shape index (κ1) is 12.7. The molecule has 5 heteroatoms. The molecule has 1 atom stereocenters. The summed E-state index contributed by atoms with van der Waals surface area (Å²) >= 11 is 1.53. The lowest BCUT2D eigenvalue weighted by Gasteiger charge is -2.10. The summed E-state index contributed by atoms with van der Waals surface area (Å²) < 4.78 is 26.9. The molecule has 0 saturated carbocycles. The number of benzene rings is 1. The zero-order valence-corrected chi connectivity index (χ0v) is 11.1. The Hall–Kier alpha value is -1.33. The molecule has 0 radical (unpaired) electrons. The molecule has 19 heavy (non-hydrogen) atoms. The molecule has 1 heterocycles. The number of nitrogens with two attached hydrogens (primary N) is 1. The summed E-state index contributed by atoms with van der Waals surface area (Å²) in [6.07, 6.45) is 4.29. The van der Waals surface area contributed by atoms with E-state index < -0.39 is 17.7 Å². The molecule has 1 aromatic heterocycles. The summed E-state index contributed by atoms with van der Waals surface area (Å²) in [5, 5.41) is 0.677. The minimum Gasteiger partial charge on any atom is -0.318 e. The van der Waals surface area contributed by atoms with Crippen molar-refractivity contribution in [3.8, 4) is 0 Å². The lowest BCUT2D eigenvalue weighted by atomic mass is 10.0. The highest BCUT2D eigenvalue weighted by molar-refractivity contribution is 7.11. The van der Waals surface area contributed by atoms with Crippen LogP contribution in [0.5, 0.6) is 0 Å². The van der Waals surface area contributed by atoms with Crippen LogP contribution in [-0.4, -0.2) is 4.98 Å². The normalized spacial score (nSPS) is 16.2. The number of aryl methyl sites for hydroxylation is 2. The summed E-state index contributed by atoms with van der Waals surface area (Å²) in [6, 6.07) is 2.67. The summed E-state index contributed by atoms with van der Waals surface area (Å²) in [4.78, 5) is 5.75. The van der Waals surface area contributed by atoms with E-state index in [1.807, 2.05) is 0 Å². The number of fused-ring (bicyclic) bond motifs is 1. The molecule has 3 rings (SSSR count). The second kappa shape index (κ2) is 4.98. The minimum atomic E-state index is -0.689. The standard InChI is InChI=1S/C14H14F2N2S/c15-8-5-6-10(16)9(7-8)13(17)14-18-11-3-1-2-4-12(11)19-14/h5-7,13H,1-4,17H2. The van der Waals surface area contributed by atoms with E-state index in [9.17, 15) is 8.78 Å². The van der Waals surface area contributed by atoms with E-state index in [2.05, 4.69) is 4.98 Å². The fourth-order valence-electron chi connectivity index (χ4n) is 2.39. The Morgan fingerprint density at radius 3 is 2.79 bits per heavy atom. The zero-order valence-electron chi connectivity index (χ0n) is 10.3. The smallest absolute Gasteiger partial charge is 0.128 e. The Morgan fingerprint density at radius 2 is 2.00 bits per heavy atom. The molecule has 0 amide bonds. The van der Waals surface area contributed by atoms with Gasteiger partial charge in [-0.2, -0.15) is 0 Å². The van der Waals surface area contributed by atoms with Crippen LogP contribution in [0, 0.1) is 11.6 Å². The summed E-state index contributed by atoms with van der Waals surface area (Å²) in [6.45, 7) is 0. The quantitative estimate of drug-likeness (QED) is 0.916. The largest absolute Gasteiger partial charge is 0.318 e. The highest BCUT2D eigenvalue weighted by Crippen LogP contribution is 2.32. The molecule has 0 aliphatic heterocycles. The van der Waals surface area contributed by atoms with E-state index >= 15 is 0 Å². The molecular weight excluding hydrogens is 266 g/mol. The predicted octanol–water partition coefficient (Wildman–Crippen LogP) is 3.35. The number of rotatable bonds is 2. The van der Waals surface area contributed by atoms with Gasteiger partial charge in [-0.05, 0) is 43.9 Å². The highest BCUT2D eigenvalue weighted by Gasteiger charge is 2.22. The third-order valence-electron chi connectivity index (χ3n) is 3.42. The Bertz CT molecular complexity index is 586. The molecule has 0 bridgehead atoms. The molecule has 1 aliphatic carbocycles. The first-order chi connectivity index (χ1) is 9.15. The number of nitrogens with zero attached hydrogens (tertiary/aromatic N) is 1. The van der Waals surface area contributed by atoms with Crippen molar-refractivity contribution in [3.05, 3.63) is 51.0 Å². The maximum absolute atomic E-state index is 13.7. The maximum atomic E-state index is 13.7. The molecule has 1 unspecified atom stereocenters. The lowest BCUT2D eigenvalue weighted by Crippen LogP contribution is -2.14. The number of thiazole rings is 1. The minimum absolute atomic E-state index is 0.172. The van der Waals surface area contributed by atoms with Gasteiger partial charge < -0.3 is 5.73 Å². The molecule has 2 N–H and O–H groups in total. The van der Waals surface area contributed by atoms with Crippen LogP contribution in [-0.2, 0) is 12.8 Å². The van der Waals surface area contributed by atoms with Crippen molar-refractivity contribution < 1.29 is 8.78 Å². The van der Waals surface area contributed by atoms with Crippen LogP contribution in [0.3, 0.4) is 0 Å². The lowest BCUT2D eigenvalue weighted by molar-refractivity contribution is 0.576. The second-order valence-corrected chi connectivity index (χ2v) is 5.89. The third-order valence-corrected chi connectivity index (χ3v) is 4.66. The number of aromatic nitrogens is 1. The van der Waals surface area contributed by atoms with Crippen molar-refractivity contribution in [2.75, 3.05) is 0 Å². The Kier molecular flexibility index (Phi) is 3.33. The Labute approximate surface area is 114 Å². The molecule has 1 aromatic carbocycles. The van der Waals surface area contributed by atoms with E-state index in [1.54, 1.807) is 0 Å². The van der Waals surface area contributed by atoms with E-state index in [1.165, 1.54) is 16.2 Å². The van der Waals surface area contributed by atoms with E-state index in [0.29, 0.717) is 5.01 Å². The van der Waals surface area contributed by atoms with Gasteiger partial charge in [0.05, 0.1) is 11.7 Å². The van der Waals surface area contributed by atoms with Gasteiger partial charge >= 0.3 is 0 Å². The van der Waals surface area contributed by atoms with Gasteiger partial charge in [0.15, 0.2) is 0 Å². The monoisotopic (exact) mass is 280 g/mol. The van der Waals surface area contributed by atoms with Gasteiger partial charge in [-0.15, -0.1) is 11.3 Å². The molecule has 2 aromatic rings. The third kappa shape index (κ3) is 2.40. The first-order valence-corrected chi connectivity index (χ1v) is 7.16. The van der Waals surface area contributed by atoms with E-state index in [4.69, 9.17) is 5.73 Å². The zero-order chi connectivity index (χ0) is 13.4. The molecule has 0 fully saturated rings. The van der Waals surface area contributed by atoms with E-state index in [-0.39, 0.29) is 5.56 Å². The van der Waals surface area contributed by atoms with Crippen molar-refractivity contribution in [1.82, 2.24) is 4.98 Å². The van der Waals surface area contributed by atoms with Gasteiger partial charge in [-0.3, -0.25) is 0 Å². The SMILES string of the molecule is NC(c1nc2c(s1)CCCC2)c1cc(F)ccc1F. The van der Waals surface area contributed by atoms with Crippen molar-refractivity contribution in [2.24, 2.45) is 5.73 Å². The molecular formula is C14H14F2N2S. The van der Waals surface area contributed by atoms with Crippen molar-refractivity contribution >= 4 is 11.3 Å². The second-order valence-electron chi connectivity index (χ2n) is 4.77. The summed E-state index contributed by atoms with van der Waals surface area (Å²) in [5.41, 5.74) is 7.29. The van der Waals surface area contributed by atoms with Crippen LogP contribution >= 0.6 is 11.3 Å². The average Bonchev–Trinajstić information content (AvgIpc) is 2.84. The van der Waals surface area contributed by atoms with Gasteiger partial charge in [-0.25, -0.2) is 13.8 Å². The predicted molar refractivity (Wildman–Crippen MR) is 71.1 cm³/mol. The van der Waals surface area contributed by atoms with Gasteiger partial charge in [0.25, 0.3) is 0 Å². The fourth-order valence-corrected chi connectivity index (χ4v) is 3.57. The van der Waals surface area contributed by atoms with Crippen molar-refractivity contribution in [3.63, 3.8) is 0 Å². The van der Waals surface area contributed by atoms with Crippen LogP contribution < -0.4 is 5.73 Å². The van der Waals surface area contributed by atoms with Gasteiger partial charge in [0, 0.05) is 10.4 Å². The van der Waals surface area contributed by atoms with Gasteiger partial charge in [0.1, 0.15) is 16.6 Å². The van der Waals surface area contributed by atoms with Crippen molar-refractivity contribution in [1.29, 1.82) is 0 Å². The molecule has 0 saturated heterocycles. The fraction of sp³-hybridized carbons (Fsp3) is 0.357. The highest BCUT2D eigenvalue weighted by atomic mass is 32.1. The van der Waals surface area contributed by atoms with Crippen LogP contribution in [0.1, 0.15) is 40.0 Å². The molecule has 0 spiro atoms. The van der Waals surface area contributed by atoms with Crippen molar-refractivity contribution in [2.45, 2.75) is 31.7 Å². The van der Waals surface area contributed by atoms with Gasteiger partial charge in [0.2, 0.25) is 0 Å². The molecule has 100 valence electrons. The van der Waals surface area contributed by atoms with Crippen LogP contribution in [0.4, 0.5) is 8.78 Å². The molecule has 2 nitrogen and oxygen atoms in total.